The molecule has 0 spiro atoms. The Kier molecular flexibility index (Phi) is 24.1. The van der Waals surface area contributed by atoms with Gasteiger partial charge in [0.1, 0.15) is 0 Å². The summed E-state index contributed by atoms with van der Waals surface area (Å²) in [5, 5.41) is 18.7. The third-order valence-electron chi connectivity index (χ3n) is 0. The van der Waals surface area contributed by atoms with Crippen molar-refractivity contribution in [2.45, 2.75) is 20.8 Å². The van der Waals surface area contributed by atoms with Crippen LogP contribution in [-0.4, -0.2) is 6.54 Å². The molecule has 0 aliphatic rings. The van der Waals surface area contributed by atoms with E-state index in [4.69, 9.17) is 0 Å². The van der Waals surface area contributed by atoms with Crippen LogP contribution in [0.4, 0.5) is 0 Å². The van der Waals surface area contributed by atoms with Gasteiger partial charge < -0.3 is 15.9 Å². The van der Waals surface area contributed by atoms with Gasteiger partial charge >= 0.3 is 0 Å². The van der Waals surface area contributed by atoms with Crippen LogP contribution in [0.3, 0.4) is 0 Å². The van der Waals surface area contributed by atoms with Crippen molar-refractivity contribution in [3.63, 3.8) is 0 Å². The molecule has 0 radical (unpaired) electrons. The van der Waals surface area contributed by atoms with Crippen molar-refractivity contribution in [1.29, 1.82) is 0 Å². The fraction of sp³-hybridized carbons (Fsp3) is 0.500. The lowest BCUT2D eigenvalue weighted by molar-refractivity contribution is -0.361. The smallest absolute Gasteiger partial charge is 0.0711 e. The molecular formula is C8H18NO2-. The van der Waals surface area contributed by atoms with E-state index >= 15 is 0 Å². The molecule has 0 aromatic rings. The quantitative estimate of drug-likeness (QED) is 0.462. The van der Waals surface area contributed by atoms with E-state index in [-0.39, 0.29) is 11.5 Å². The van der Waals surface area contributed by atoms with E-state index in [9.17, 15) is 10.2 Å². The molecule has 0 fully saturated rings. The monoisotopic (exact) mass is 160 g/mol. The first kappa shape index (κ1) is 16.6. The molecule has 0 heterocycles. The largest absolute Gasteiger partial charge is 0.876 e. The van der Waals surface area contributed by atoms with Gasteiger partial charge in [0.05, 0.1) is 6.54 Å². The molecule has 0 atom stereocenters. The Morgan fingerprint density at radius 2 is 1.18 bits per heavy atom. The molecule has 0 unspecified atom stereocenters. The van der Waals surface area contributed by atoms with Crippen LogP contribution < -0.4 is 15.9 Å². The van der Waals surface area contributed by atoms with E-state index in [1.165, 1.54) is 13.8 Å². The number of allylic oxidation sites excluding steroid dienone is 2. The predicted molar refractivity (Wildman–Crippen MR) is 43.1 cm³/mol. The molecule has 0 saturated carbocycles. The van der Waals surface area contributed by atoms with Crippen molar-refractivity contribution in [3.8, 4) is 0 Å². The van der Waals surface area contributed by atoms with Gasteiger partial charge in [-0.15, -0.1) is 24.7 Å². The van der Waals surface area contributed by atoms with Crippen LogP contribution in [0.1, 0.15) is 20.8 Å². The summed E-state index contributed by atoms with van der Waals surface area (Å²) in [5.74, 6) is -0.167. The van der Waals surface area contributed by atoms with Crippen molar-refractivity contribution in [1.82, 2.24) is 0 Å². The topological polar surface area (TPSA) is 73.8 Å². The van der Waals surface area contributed by atoms with Gasteiger partial charge in [-0.1, -0.05) is 13.8 Å². The summed E-state index contributed by atoms with van der Waals surface area (Å²) < 4.78 is 0. The molecule has 0 aliphatic carbocycles. The number of hydrogen-bond donors (Lipinski definition) is 1. The van der Waals surface area contributed by atoms with Crippen LogP contribution >= 0.6 is 0 Å². The second kappa shape index (κ2) is 16.0. The molecule has 0 amide bonds. The van der Waals surface area contributed by atoms with Crippen LogP contribution in [0.15, 0.2) is 24.7 Å². The summed E-state index contributed by atoms with van der Waals surface area (Å²) >= 11 is 0. The maximum absolute atomic E-state index is 9.33. The number of rotatable bonds is 0. The highest BCUT2D eigenvalue weighted by molar-refractivity contribution is 4.64. The van der Waals surface area contributed by atoms with Crippen LogP contribution in [0.25, 0.3) is 0 Å². The first-order valence-corrected chi connectivity index (χ1v) is 3.32. The zero-order valence-corrected chi connectivity index (χ0v) is 7.64. The van der Waals surface area contributed by atoms with E-state index in [0.29, 0.717) is 0 Å². The standard InChI is InChI=1S/2C3H6O.C2H7N/c2*1-3(2)4;1-2-3/h2*4H,1H2,2H3;2-3H2,1H3/p-1. The molecular weight excluding hydrogens is 142 g/mol. The Morgan fingerprint density at radius 1 is 1.18 bits per heavy atom. The highest BCUT2D eigenvalue weighted by Crippen LogP contribution is 1.58. The fourth-order valence-electron chi connectivity index (χ4n) is 0. The Morgan fingerprint density at radius 3 is 1.18 bits per heavy atom. The van der Waals surface area contributed by atoms with Crippen molar-refractivity contribution < 1.29 is 15.9 Å². The summed E-state index contributed by atoms with van der Waals surface area (Å²) in [6.07, 6.45) is 0. The predicted octanol–water partition coefficient (Wildman–Crippen LogP) is -0.991. The van der Waals surface area contributed by atoms with Crippen molar-refractivity contribution in [2.24, 2.45) is 0 Å². The van der Waals surface area contributed by atoms with Gasteiger partial charge in [-0.25, -0.2) is 0 Å². The van der Waals surface area contributed by atoms with Gasteiger partial charge in [-0.05, 0) is 6.92 Å². The molecule has 11 heavy (non-hydrogen) atoms. The Bertz CT molecular complexity index is 80.3. The summed E-state index contributed by atoms with van der Waals surface area (Å²) in [5.41, 5.74) is 3.49. The number of quaternary nitrogens is 1. The molecule has 3 nitrogen and oxygen atoms in total. The maximum atomic E-state index is 9.33. The molecule has 0 aromatic heterocycles. The zero-order chi connectivity index (χ0) is 9.86. The van der Waals surface area contributed by atoms with E-state index in [1.54, 1.807) is 0 Å². The summed E-state index contributed by atoms with van der Waals surface area (Å²) in [7, 11) is 0. The first-order valence-electron chi connectivity index (χ1n) is 3.32. The molecule has 0 rings (SSSR count). The second-order valence-electron chi connectivity index (χ2n) is 1.90. The lowest BCUT2D eigenvalue weighted by atomic mass is 10.7. The van der Waals surface area contributed by atoms with Crippen LogP contribution in [0, 0.1) is 0 Å². The second-order valence-corrected chi connectivity index (χ2v) is 1.90. The zero-order valence-electron chi connectivity index (χ0n) is 7.64. The van der Waals surface area contributed by atoms with E-state index < -0.39 is 0 Å². The molecule has 0 aliphatic heterocycles. The minimum Gasteiger partial charge on any atom is -0.876 e. The van der Waals surface area contributed by atoms with E-state index in [1.807, 2.05) is 6.92 Å². The van der Waals surface area contributed by atoms with Crippen molar-refractivity contribution >= 4 is 0 Å². The van der Waals surface area contributed by atoms with Gasteiger partial charge in [0, 0.05) is 0 Å². The molecule has 0 saturated heterocycles. The average molecular weight is 160 g/mol. The molecule has 68 valence electrons. The van der Waals surface area contributed by atoms with Crippen molar-refractivity contribution in [3.05, 3.63) is 24.7 Å². The summed E-state index contributed by atoms with van der Waals surface area (Å²) in [4.78, 5) is 0. The third kappa shape index (κ3) is 486. The van der Waals surface area contributed by atoms with E-state index in [2.05, 4.69) is 18.9 Å². The lowest BCUT2D eigenvalue weighted by Crippen LogP contribution is -2.48. The lowest BCUT2D eigenvalue weighted by Gasteiger charge is -1.92. The summed E-state index contributed by atoms with van der Waals surface area (Å²) in [6.45, 7) is 11.8. The Hall–Kier alpha value is -0.960. The normalized spacial score (nSPS) is 6.18. The van der Waals surface area contributed by atoms with E-state index in [0.717, 1.165) is 6.54 Å². The van der Waals surface area contributed by atoms with Gasteiger partial charge in [0.15, 0.2) is 0 Å². The maximum Gasteiger partial charge on any atom is 0.0711 e. The highest BCUT2D eigenvalue weighted by atomic mass is 16.3. The van der Waals surface area contributed by atoms with Gasteiger partial charge in [0.25, 0.3) is 0 Å². The number of hydrogen-bond acceptors (Lipinski definition) is 2. The van der Waals surface area contributed by atoms with Crippen LogP contribution in [0.2, 0.25) is 0 Å². The fourth-order valence-corrected chi connectivity index (χ4v) is 0. The molecule has 0 aromatic carbocycles. The molecule has 3 heteroatoms. The van der Waals surface area contributed by atoms with Crippen LogP contribution in [0.5, 0.6) is 0 Å². The first-order chi connectivity index (χ1) is 4.88. The Labute approximate surface area is 68.9 Å². The highest BCUT2D eigenvalue weighted by Gasteiger charge is 1.37. The van der Waals surface area contributed by atoms with Gasteiger partial charge in [0.2, 0.25) is 0 Å². The van der Waals surface area contributed by atoms with Crippen LogP contribution in [-0.2, 0) is 0 Å². The SMILES string of the molecule is C=C(C)[O-].C=C(C)[O-].CC[NH3+]. The molecule has 0 bridgehead atoms. The van der Waals surface area contributed by atoms with Gasteiger partial charge in [-0.3, -0.25) is 0 Å². The molecule has 3 N–H and O–H groups in total. The third-order valence-corrected chi connectivity index (χ3v) is 0. The minimum absolute atomic E-state index is 0.0833. The Balaban J connectivity index is -0.0000000886. The summed E-state index contributed by atoms with van der Waals surface area (Å²) in [6, 6.07) is 0. The average Bonchev–Trinajstić information content (AvgIpc) is 1.60. The van der Waals surface area contributed by atoms with Crippen molar-refractivity contribution in [2.75, 3.05) is 6.54 Å². The van der Waals surface area contributed by atoms with Gasteiger partial charge in [-0.2, -0.15) is 0 Å². The minimum atomic E-state index is -0.0833.